The summed E-state index contributed by atoms with van der Waals surface area (Å²) in [6.45, 7) is 3.11. The van der Waals surface area contributed by atoms with Crippen molar-refractivity contribution in [1.29, 1.82) is 0 Å². The van der Waals surface area contributed by atoms with Crippen LogP contribution in [-0.4, -0.2) is 98.3 Å². The Bertz CT molecular complexity index is 1420. The summed E-state index contributed by atoms with van der Waals surface area (Å²) < 4.78 is 33.5. The molecule has 0 aromatic carbocycles. The molecule has 6 unspecified atom stereocenters. The maximum absolute atomic E-state index is 12.8. The molecule has 1 rings (SSSR count). The summed E-state index contributed by atoms with van der Waals surface area (Å²) in [5.41, 5.74) is 0. The molecule has 1 aliphatic rings. The molecule has 1 fully saturated rings. The van der Waals surface area contributed by atoms with Crippen molar-refractivity contribution in [3.05, 3.63) is 85.1 Å². The van der Waals surface area contributed by atoms with Crippen LogP contribution in [0.4, 0.5) is 0 Å². The number of phosphoric ester groups is 1. The number of hydrogen-bond donors (Lipinski definition) is 6. The van der Waals surface area contributed by atoms with Crippen LogP contribution in [-0.2, 0) is 32.7 Å². The van der Waals surface area contributed by atoms with Crippen molar-refractivity contribution in [1.82, 2.24) is 0 Å². The van der Waals surface area contributed by atoms with Crippen molar-refractivity contribution in [2.75, 3.05) is 13.2 Å². The number of aliphatic hydroxyl groups is 5. The van der Waals surface area contributed by atoms with Gasteiger partial charge in [-0.15, -0.1) is 0 Å². The van der Waals surface area contributed by atoms with Crippen LogP contribution in [0.25, 0.3) is 0 Å². The number of carbonyl (C=O) groups is 2. The average Bonchev–Trinajstić information content (AvgIpc) is 3.26. The molecule has 1 aliphatic carbocycles. The van der Waals surface area contributed by atoms with Crippen LogP contribution >= 0.6 is 7.82 Å². The standard InChI is InChI=1S/C49H81O13P/c1-3-5-7-9-11-13-15-17-19-20-21-22-24-25-27-29-31-33-35-37-42(50)59-39-41(40-60-63(57,58)62-49-47(55)45(53)44(52)46(54)48(49)56)61-43(51)38-36-34-32-30-28-26-23-18-16-14-12-10-8-6-4-2/h5,7,11-14,17-19,21-23,25,27,41,44-49,52-56H,3-4,6,8-10,15-16,20,24,26,28-40H2,1-2H3,(H,57,58)/b7-5+,13-11+,14-12+,19-17+,22-21+,23-18+,27-25+/t41-,44?,45-,46?,47?,48?,49?/m0/s1. The van der Waals surface area contributed by atoms with Crippen molar-refractivity contribution in [2.45, 2.75) is 198 Å². The smallest absolute Gasteiger partial charge is 0.462 e. The Balaban J connectivity index is 2.49. The van der Waals surface area contributed by atoms with Gasteiger partial charge in [-0.1, -0.05) is 137 Å². The first-order valence-electron chi connectivity index (χ1n) is 23.4. The zero-order chi connectivity index (χ0) is 46.4. The minimum atomic E-state index is -5.14. The molecular weight excluding hydrogens is 827 g/mol. The fourth-order valence-electron chi connectivity index (χ4n) is 6.46. The minimum absolute atomic E-state index is 0.0681. The van der Waals surface area contributed by atoms with Crippen LogP contribution in [0.15, 0.2) is 85.1 Å². The van der Waals surface area contributed by atoms with E-state index < -0.39 is 75.7 Å². The molecule has 63 heavy (non-hydrogen) atoms. The predicted octanol–water partition coefficient (Wildman–Crippen LogP) is 9.28. The van der Waals surface area contributed by atoms with E-state index in [1.54, 1.807) is 0 Å². The molecule has 0 bridgehead atoms. The highest BCUT2D eigenvalue weighted by Crippen LogP contribution is 2.47. The first-order chi connectivity index (χ1) is 30.4. The number of hydrogen-bond acceptors (Lipinski definition) is 12. The monoisotopic (exact) mass is 909 g/mol. The van der Waals surface area contributed by atoms with E-state index in [1.807, 2.05) is 0 Å². The van der Waals surface area contributed by atoms with Crippen LogP contribution in [0.3, 0.4) is 0 Å². The van der Waals surface area contributed by atoms with Crippen LogP contribution < -0.4 is 0 Å². The Morgan fingerprint density at radius 2 is 0.905 bits per heavy atom. The van der Waals surface area contributed by atoms with Gasteiger partial charge in [0.05, 0.1) is 6.61 Å². The van der Waals surface area contributed by atoms with Gasteiger partial charge in [-0.05, 0) is 89.9 Å². The van der Waals surface area contributed by atoms with Gasteiger partial charge in [0.15, 0.2) is 6.10 Å². The molecule has 0 aliphatic heterocycles. The maximum Gasteiger partial charge on any atom is 0.472 e. The summed E-state index contributed by atoms with van der Waals surface area (Å²) in [4.78, 5) is 35.7. The fourth-order valence-corrected chi connectivity index (χ4v) is 7.43. The zero-order valence-electron chi connectivity index (χ0n) is 38.1. The summed E-state index contributed by atoms with van der Waals surface area (Å²) >= 11 is 0. The molecule has 0 aromatic rings. The van der Waals surface area contributed by atoms with Crippen LogP contribution in [0.2, 0.25) is 0 Å². The summed E-state index contributed by atoms with van der Waals surface area (Å²) in [7, 11) is -5.14. The first kappa shape index (κ1) is 58.0. The molecule has 8 atom stereocenters. The average molecular weight is 909 g/mol. The quantitative estimate of drug-likeness (QED) is 0.0149. The van der Waals surface area contributed by atoms with E-state index in [1.165, 1.54) is 19.3 Å². The van der Waals surface area contributed by atoms with Gasteiger partial charge in [-0.3, -0.25) is 18.6 Å². The Morgan fingerprint density at radius 1 is 0.508 bits per heavy atom. The van der Waals surface area contributed by atoms with Gasteiger partial charge in [0, 0.05) is 12.8 Å². The van der Waals surface area contributed by atoms with Crippen molar-refractivity contribution in [3.63, 3.8) is 0 Å². The molecule has 0 heterocycles. The molecule has 13 nitrogen and oxygen atoms in total. The summed E-state index contributed by atoms with van der Waals surface area (Å²) in [5, 5.41) is 50.2. The topological polar surface area (TPSA) is 210 Å². The lowest BCUT2D eigenvalue weighted by Crippen LogP contribution is -2.64. The minimum Gasteiger partial charge on any atom is -0.462 e. The molecule has 6 N–H and O–H groups in total. The van der Waals surface area contributed by atoms with Gasteiger partial charge in [0.1, 0.15) is 43.2 Å². The third kappa shape index (κ3) is 30.7. The lowest BCUT2D eigenvalue weighted by Gasteiger charge is -2.41. The van der Waals surface area contributed by atoms with Crippen molar-refractivity contribution < 1.29 is 63.1 Å². The lowest BCUT2D eigenvalue weighted by atomic mass is 9.85. The highest BCUT2D eigenvalue weighted by Gasteiger charge is 2.51. The van der Waals surface area contributed by atoms with E-state index in [4.69, 9.17) is 18.5 Å². The first-order valence-corrected chi connectivity index (χ1v) is 24.9. The molecule has 14 heteroatoms. The van der Waals surface area contributed by atoms with E-state index in [0.29, 0.717) is 12.8 Å². The number of esters is 2. The SMILES string of the molecule is CC/C=C/C/C=C/C/C=C/C/C=C/C/C=C/CCCCCC(=O)OC[C@@H](COP(=O)(O)OC1C(O)C(O)C(O)[C@H](O)C1O)OC(=O)CCCCCCC/C=C/C/C=C/CCCCC. The molecule has 0 amide bonds. The predicted molar refractivity (Wildman–Crippen MR) is 248 cm³/mol. The Labute approximate surface area is 378 Å². The van der Waals surface area contributed by atoms with Crippen LogP contribution in [0, 0.1) is 0 Å². The number of unbranched alkanes of at least 4 members (excludes halogenated alkanes) is 11. The Morgan fingerprint density at radius 3 is 1.40 bits per heavy atom. The van der Waals surface area contributed by atoms with Gasteiger partial charge in [0.25, 0.3) is 0 Å². The van der Waals surface area contributed by atoms with E-state index in [9.17, 15) is 44.6 Å². The molecule has 0 saturated heterocycles. The molecular formula is C49H81O13P. The van der Waals surface area contributed by atoms with E-state index >= 15 is 0 Å². The summed E-state index contributed by atoms with van der Waals surface area (Å²) in [6.07, 6.45) is 36.3. The second-order valence-corrected chi connectivity index (χ2v) is 17.3. The number of carbonyl (C=O) groups excluding carboxylic acids is 2. The molecule has 0 spiro atoms. The number of ether oxygens (including phenoxy) is 2. The van der Waals surface area contributed by atoms with Crippen LogP contribution in [0.5, 0.6) is 0 Å². The number of allylic oxidation sites excluding steroid dienone is 14. The lowest BCUT2D eigenvalue weighted by molar-refractivity contribution is -0.220. The summed E-state index contributed by atoms with van der Waals surface area (Å²) in [6, 6.07) is 0. The van der Waals surface area contributed by atoms with E-state index in [-0.39, 0.29) is 12.8 Å². The third-order valence-corrected chi connectivity index (χ3v) is 11.2. The normalized spacial score (nSPS) is 22.5. The van der Waals surface area contributed by atoms with Gasteiger partial charge in [-0.2, -0.15) is 0 Å². The molecule has 0 radical (unpaired) electrons. The van der Waals surface area contributed by atoms with Gasteiger partial charge in [0.2, 0.25) is 0 Å². The fraction of sp³-hybridized carbons (Fsp3) is 0.673. The molecule has 360 valence electrons. The zero-order valence-corrected chi connectivity index (χ0v) is 39.0. The number of rotatable bonds is 37. The van der Waals surface area contributed by atoms with E-state index in [2.05, 4.69) is 98.9 Å². The second kappa shape index (κ2) is 38.3. The number of phosphoric acid groups is 1. The Hall–Kier alpha value is -2.97. The molecule has 1 saturated carbocycles. The third-order valence-electron chi connectivity index (χ3n) is 10.2. The van der Waals surface area contributed by atoms with Gasteiger partial charge >= 0.3 is 19.8 Å². The highest BCUT2D eigenvalue weighted by molar-refractivity contribution is 7.47. The Kier molecular flexibility index (Phi) is 35.3. The second-order valence-electron chi connectivity index (χ2n) is 15.9. The summed E-state index contributed by atoms with van der Waals surface area (Å²) in [5.74, 6) is -1.16. The van der Waals surface area contributed by atoms with Crippen molar-refractivity contribution in [3.8, 4) is 0 Å². The van der Waals surface area contributed by atoms with Gasteiger partial charge < -0.3 is 39.9 Å². The van der Waals surface area contributed by atoms with Crippen molar-refractivity contribution in [2.24, 2.45) is 0 Å². The van der Waals surface area contributed by atoms with Gasteiger partial charge in [-0.25, -0.2) is 4.57 Å². The van der Waals surface area contributed by atoms with Crippen molar-refractivity contribution >= 4 is 19.8 Å². The largest absolute Gasteiger partial charge is 0.472 e. The maximum atomic E-state index is 12.8. The van der Waals surface area contributed by atoms with E-state index in [0.717, 1.165) is 96.3 Å². The molecule has 0 aromatic heterocycles. The van der Waals surface area contributed by atoms with Crippen LogP contribution in [0.1, 0.15) is 155 Å². The number of aliphatic hydroxyl groups excluding tert-OH is 5. The highest BCUT2D eigenvalue weighted by atomic mass is 31.2.